The molecule has 1 amide bonds. The van der Waals surface area contributed by atoms with Crippen molar-refractivity contribution in [3.05, 3.63) is 24.3 Å². The van der Waals surface area contributed by atoms with Gasteiger partial charge in [0, 0.05) is 31.6 Å². The number of carbonyl (C=O) groups is 1. The van der Waals surface area contributed by atoms with E-state index in [-0.39, 0.29) is 6.09 Å². The van der Waals surface area contributed by atoms with Crippen LogP contribution in [0.3, 0.4) is 0 Å². The van der Waals surface area contributed by atoms with Crippen LogP contribution in [0.25, 0.3) is 11.0 Å². The number of amides is 1. The summed E-state index contributed by atoms with van der Waals surface area (Å²) in [5, 5.41) is 4.38. The highest BCUT2D eigenvalue weighted by Crippen LogP contribution is 2.14. The predicted octanol–water partition coefficient (Wildman–Crippen LogP) is 2.58. The van der Waals surface area contributed by atoms with Gasteiger partial charge < -0.3 is 14.6 Å². The predicted molar refractivity (Wildman–Crippen MR) is 85.0 cm³/mol. The standard InChI is InChI=1S/C15H19N5O2/c1-2-22-15(21)20-9-7-11(8-10-20)18-19-14-16-12-5-3-4-6-13(12)17-14/h3-6H,2,7-10H2,1H3,(H2,16,17,19). The van der Waals surface area contributed by atoms with E-state index in [0.717, 1.165) is 29.6 Å². The number of fused-ring (bicyclic) bond motifs is 1. The smallest absolute Gasteiger partial charge is 0.409 e. The Balaban J connectivity index is 1.57. The normalized spacial score (nSPS) is 15.0. The lowest BCUT2D eigenvalue weighted by molar-refractivity contribution is 0.107. The van der Waals surface area contributed by atoms with Crippen LogP contribution >= 0.6 is 0 Å². The van der Waals surface area contributed by atoms with Crippen molar-refractivity contribution in [3.8, 4) is 0 Å². The van der Waals surface area contributed by atoms with Gasteiger partial charge in [-0.3, -0.25) is 0 Å². The van der Waals surface area contributed by atoms with Crippen molar-refractivity contribution in [2.45, 2.75) is 19.8 Å². The summed E-state index contributed by atoms with van der Waals surface area (Å²) in [6.07, 6.45) is 1.24. The zero-order valence-electron chi connectivity index (χ0n) is 12.5. The van der Waals surface area contributed by atoms with Gasteiger partial charge in [-0.15, -0.1) is 0 Å². The van der Waals surface area contributed by atoms with Crippen molar-refractivity contribution >= 4 is 28.8 Å². The fourth-order valence-corrected chi connectivity index (χ4v) is 2.41. The number of hydrazone groups is 1. The molecule has 0 unspecified atom stereocenters. The molecule has 1 aromatic heterocycles. The molecule has 2 N–H and O–H groups in total. The van der Waals surface area contributed by atoms with Gasteiger partial charge in [-0.05, 0) is 19.1 Å². The summed E-state index contributed by atoms with van der Waals surface area (Å²) in [5.74, 6) is 0.626. The van der Waals surface area contributed by atoms with Gasteiger partial charge in [0.05, 0.1) is 17.6 Å². The maximum atomic E-state index is 11.6. The fourth-order valence-electron chi connectivity index (χ4n) is 2.41. The third-order valence-electron chi connectivity index (χ3n) is 3.58. The Kier molecular flexibility index (Phi) is 4.22. The second kappa shape index (κ2) is 6.46. The molecule has 7 nitrogen and oxygen atoms in total. The number of likely N-dealkylation sites (tertiary alicyclic amines) is 1. The minimum atomic E-state index is -0.244. The lowest BCUT2D eigenvalue weighted by Gasteiger charge is -2.26. The van der Waals surface area contributed by atoms with Crippen molar-refractivity contribution in [2.24, 2.45) is 5.10 Å². The van der Waals surface area contributed by atoms with E-state index < -0.39 is 0 Å². The van der Waals surface area contributed by atoms with E-state index in [1.54, 1.807) is 4.90 Å². The SMILES string of the molecule is CCOC(=O)N1CCC(=NNc2nc3ccccc3[nH]2)CC1. The Bertz CT molecular complexity index is 651. The van der Waals surface area contributed by atoms with Crippen molar-refractivity contribution in [1.29, 1.82) is 0 Å². The number of piperidine rings is 1. The molecule has 1 aromatic carbocycles. The first-order valence-electron chi connectivity index (χ1n) is 7.44. The molecule has 0 saturated carbocycles. The van der Waals surface area contributed by atoms with Gasteiger partial charge in [0.1, 0.15) is 0 Å². The number of rotatable bonds is 3. The number of imidazole rings is 1. The molecule has 116 valence electrons. The number of nitrogens with zero attached hydrogens (tertiary/aromatic N) is 3. The maximum absolute atomic E-state index is 11.6. The molecular formula is C15H19N5O2. The molecule has 0 bridgehead atoms. The first kappa shape index (κ1) is 14.4. The summed E-state index contributed by atoms with van der Waals surface area (Å²) in [5.41, 5.74) is 5.87. The Morgan fingerprint density at radius 3 is 2.91 bits per heavy atom. The second-order valence-electron chi connectivity index (χ2n) is 5.08. The van der Waals surface area contributed by atoms with Crippen LogP contribution in [0, 0.1) is 0 Å². The molecule has 1 fully saturated rings. The summed E-state index contributed by atoms with van der Waals surface area (Å²) in [4.78, 5) is 20.9. The van der Waals surface area contributed by atoms with Crippen LogP contribution in [0.1, 0.15) is 19.8 Å². The van der Waals surface area contributed by atoms with E-state index in [1.807, 2.05) is 31.2 Å². The molecule has 0 atom stereocenters. The molecule has 1 aliphatic heterocycles. The van der Waals surface area contributed by atoms with Crippen LogP contribution in [0.4, 0.5) is 10.7 Å². The van der Waals surface area contributed by atoms with Crippen molar-refractivity contribution in [1.82, 2.24) is 14.9 Å². The number of anilines is 1. The van der Waals surface area contributed by atoms with Crippen LogP contribution in [0.15, 0.2) is 29.4 Å². The highest BCUT2D eigenvalue weighted by atomic mass is 16.6. The van der Waals surface area contributed by atoms with Crippen LogP contribution in [-0.4, -0.2) is 46.4 Å². The summed E-state index contributed by atoms with van der Waals surface area (Å²) >= 11 is 0. The Hall–Kier alpha value is -2.57. The van der Waals surface area contributed by atoms with Crippen molar-refractivity contribution in [3.63, 3.8) is 0 Å². The molecular weight excluding hydrogens is 282 g/mol. The number of benzene rings is 1. The van der Waals surface area contributed by atoms with E-state index in [2.05, 4.69) is 20.5 Å². The fraction of sp³-hybridized carbons (Fsp3) is 0.400. The highest BCUT2D eigenvalue weighted by molar-refractivity contribution is 5.87. The largest absolute Gasteiger partial charge is 0.450 e. The number of ether oxygens (including phenoxy) is 1. The van der Waals surface area contributed by atoms with Crippen molar-refractivity contribution < 1.29 is 9.53 Å². The lowest BCUT2D eigenvalue weighted by Crippen LogP contribution is -2.39. The zero-order valence-corrected chi connectivity index (χ0v) is 12.5. The highest BCUT2D eigenvalue weighted by Gasteiger charge is 2.20. The number of hydrogen-bond donors (Lipinski definition) is 2. The molecule has 1 aliphatic rings. The molecule has 2 aromatic rings. The minimum absolute atomic E-state index is 0.244. The Morgan fingerprint density at radius 2 is 2.18 bits per heavy atom. The van der Waals surface area contributed by atoms with Gasteiger partial charge >= 0.3 is 6.09 Å². The van der Waals surface area contributed by atoms with Gasteiger partial charge in [0.25, 0.3) is 0 Å². The van der Waals surface area contributed by atoms with Crippen LogP contribution in [-0.2, 0) is 4.74 Å². The number of aromatic amines is 1. The number of H-pyrrole nitrogens is 1. The van der Waals surface area contributed by atoms with Gasteiger partial charge in [0.15, 0.2) is 0 Å². The topological polar surface area (TPSA) is 82.6 Å². The minimum Gasteiger partial charge on any atom is -0.450 e. The molecule has 1 saturated heterocycles. The van der Waals surface area contributed by atoms with E-state index in [0.29, 0.717) is 25.6 Å². The number of carbonyl (C=O) groups excluding carboxylic acids is 1. The van der Waals surface area contributed by atoms with Crippen LogP contribution in [0.2, 0.25) is 0 Å². The summed E-state index contributed by atoms with van der Waals surface area (Å²) in [6, 6.07) is 7.83. The molecule has 0 radical (unpaired) electrons. The average molecular weight is 301 g/mol. The third kappa shape index (κ3) is 3.19. The first-order valence-corrected chi connectivity index (χ1v) is 7.44. The van der Waals surface area contributed by atoms with Crippen LogP contribution < -0.4 is 5.43 Å². The monoisotopic (exact) mass is 301 g/mol. The van der Waals surface area contributed by atoms with Gasteiger partial charge in [-0.25, -0.2) is 15.2 Å². The van der Waals surface area contributed by atoms with E-state index in [4.69, 9.17) is 4.74 Å². The molecule has 7 heteroatoms. The average Bonchev–Trinajstić information content (AvgIpc) is 2.96. The summed E-state index contributed by atoms with van der Waals surface area (Å²) < 4.78 is 5.00. The Labute approximate surface area is 128 Å². The van der Waals surface area contributed by atoms with Crippen LogP contribution in [0.5, 0.6) is 0 Å². The molecule has 3 rings (SSSR count). The number of para-hydroxylation sites is 2. The summed E-state index contributed by atoms with van der Waals surface area (Å²) in [6.45, 7) is 3.49. The lowest BCUT2D eigenvalue weighted by atomic mass is 10.1. The van der Waals surface area contributed by atoms with E-state index in [1.165, 1.54) is 0 Å². The molecule has 2 heterocycles. The number of aromatic nitrogens is 2. The maximum Gasteiger partial charge on any atom is 0.409 e. The van der Waals surface area contributed by atoms with Crippen molar-refractivity contribution in [2.75, 3.05) is 25.1 Å². The second-order valence-corrected chi connectivity index (χ2v) is 5.08. The summed E-state index contributed by atoms with van der Waals surface area (Å²) in [7, 11) is 0. The van der Waals surface area contributed by atoms with Gasteiger partial charge in [-0.1, -0.05) is 12.1 Å². The van der Waals surface area contributed by atoms with Gasteiger partial charge in [-0.2, -0.15) is 5.10 Å². The quantitative estimate of drug-likeness (QED) is 0.854. The van der Waals surface area contributed by atoms with Gasteiger partial charge in [0.2, 0.25) is 5.95 Å². The molecule has 0 spiro atoms. The van der Waals surface area contributed by atoms with E-state index >= 15 is 0 Å². The molecule has 0 aliphatic carbocycles. The van der Waals surface area contributed by atoms with E-state index in [9.17, 15) is 4.79 Å². The number of hydrogen-bond acceptors (Lipinski definition) is 5. The zero-order chi connectivity index (χ0) is 15.4. The first-order chi connectivity index (χ1) is 10.8. The molecule has 22 heavy (non-hydrogen) atoms. The third-order valence-corrected chi connectivity index (χ3v) is 3.58. The number of nitrogens with one attached hydrogen (secondary N) is 2. The Morgan fingerprint density at radius 1 is 1.41 bits per heavy atom.